The molecule has 2 saturated heterocycles. The molecule has 2 aliphatic rings. The molecule has 2 aromatic rings. The van der Waals surface area contributed by atoms with Gasteiger partial charge in [0.05, 0.1) is 29.7 Å². The molecule has 1 atom stereocenters. The van der Waals surface area contributed by atoms with Crippen molar-refractivity contribution in [1.29, 1.82) is 0 Å². The third-order valence-corrected chi connectivity index (χ3v) is 9.79. The zero-order valence-electron chi connectivity index (χ0n) is 23.9. The normalized spacial score (nSPS) is 19.1. The number of quaternary nitrogens is 1. The van der Waals surface area contributed by atoms with Gasteiger partial charge in [0.2, 0.25) is 0 Å². The second-order valence-electron chi connectivity index (χ2n) is 11.7. The van der Waals surface area contributed by atoms with Crippen molar-refractivity contribution in [1.82, 2.24) is 15.1 Å². The van der Waals surface area contributed by atoms with E-state index < -0.39 is 11.4 Å². The number of halogens is 3. The molecule has 0 spiro atoms. The Hall–Kier alpha value is -2.19. The number of nitrogens with zero attached hydrogens (tertiary/aromatic N) is 3. The zero-order chi connectivity index (χ0) is 28.9. The highest BCUT2D eigenvalue weighted by Gasteiger charge is 2.57. The van der Waals surface area contributed by atoms with Crippen LogP contribution in [0.25, 0.3) is 0 Å². The van der Waals surface area contributed by atoms with Crippen LogP contribution in [0.2, 0.25) is 10.0 Å². The molecule has 0 aliphatic carbocycles. The number of likely N-dealkylation sites (N-methyl/N-ethyl adjacent to an activating group) is 2. The van der Waals surface area contributed by atoms with Gasteiger partial charge >= 0.3 is 0 Å². The number of rotatable bonds is 9. The maximum absolute atomic E-state index is 13.9. The number of hydrogen-bond acceptors (Lipinski definition) is 3. The Morgan fingerprint density at radius 3 is 2.33 bits per heavy atom. The van der Waals surface area contributed by atoms with Crippen LogP contribution in [0, 0.1) is 5.82 Å². The molecule has 9 heteroatoms. The third-order valence-electron chi connectivity index (χ3n) is 9.05. The number of hydrogen-bond donors (Lipinski definition) is 1. The Morgan fingerprint density at radius 1 is 1.00 bits per heavy atom. The fourth-order valence-corrected chi connectivity index (χ4v) is 7.23. The summed E-state index contributed by atoms with van der Waals surface area (Å²) >= 11 is 12.7. The smallest absolute Gasteiger partial charge is 0.283 e. The summed E-state index contributed by atoms with van der Waals surface area (Å²) in [5, 5.41) is 4.43. The first kappa shape index (κ1) is 30.8. The van der Waals surface area contributed by atoms with E-state index in [9.17, 15) is 14.0 Å². The summed E-state index contributed by atoms with van der Waals surface area (Å²) in [6, 6.07) is 11.5. The van der Waals surface area contributed by atoms with E-state index in [1.807, 2.05) is 26.2 Å². The highest BCUT2D eigenvalue weighted by molar-refractivity contribution is 6.42. The molecule has 0 saturated carbocycles. The summed E-state index contributed by atoms with van der Waals surface area (Å²) in [4.78, 5) is 30.6. The fourth-order valence-electron chi connectivity index (χ4n) is 6.92. The van der Waals surface area contributed by atoms with Crippen molar-refractivity contribution in [2.24, 2.45) is 0 Å². The second-order valence-corrected chi connectivity index (χ2v) is 12.5. The van der Waals surface area contributed by atoms with Gasteiger partial charge in [-0.15, -0.1) is 0 Å². The number of benzene rings is 2. The minimum absolute atomic E-state index is 0.0394. The predicted molar refractivity (Wildman–Crippen MR) is 159 cm³/mol. The maximum Gasteiger partial charge on any atom is 0.283 e. The number of likely N-dealkylation sites (tertiary alicyclic amines) is 1. The predicted octanol–water partition coefficient (Wildman–Crippen LogP) is 5.59. The Morgan fingerprint density at radius 2 is 1.70 bits per heavy atom. The van der Waals surface area contributed by atoms with Crippen molar-refractivity contribution in [3.63, 3.8) is 0 Å². The van der Waals surface area contributed by atoms with E-state index in [4.69, 9.17) is 23.2 Å². The average Bonchev–Trinajstić information content (AvgIpc) is 2.96. The lowest BCUT2D eigenvalue weighted by Crippen LogP contribution is -2.74. The maximum atomic E-state index is 13.9. The molecule has 2 aliphatic heterocycles. The van der Waals surface area contributed by atoms with Crippen LogP contribution in [0.5, 0.6) is 0 Å². The molecule has 2 heterocycles. The lowest BCUT2D eigenvalue weighted by Gasteiger charge is -2.56. The van der Waals surface area contributed by atoms with Crippen molar-refractivity contribution in [3.05, 3.63) is 69.5 Å². The molecule has 218 valence electrons. The van der Waals surface area contributed by atoms with Gasteiger partial charge in [0.25, 0.3) is 11.8 Å². The Balaban J connectivity index is 1.66. The van der Waals surface area contributed by atoms with E-state index in [0.29, 0.717) is 22.2 Å². The summed E-state index contributed by atoms with van der Waals surface area (Å²) < 4.78 is 14.7. The van der Waals surface area contributed by atoms with E-state index in [2.05, 4.69) is 5.32 Å². The summed E-state index contributed by atoms with van der Waals surface area (Å²) in [5.74, 6) is -0.485. The second kappa shape index (κ2) is 13.2. The Bertz CT molecular complexity index is 1200. The summed E-state index contributed by atoms with van der Waals surface area (Å²) in [7, 11) is 5.50. The molecule has 40 heavy (non-hydrogen) atoms. The number of nitrogens with one attached hydrogen (secondary N) is 1. The zero-order valence-corrected chi connectivity index (χ0v) is 25.4. The van der Waals surface area contributed by atoms with Crippen LogP contribution in [-0.2, 0) is 4.79 Å². The highest BCUT2D eigenvalue weighted by atomic mass is 35.5. The van der Waals surface area contributed by atoms with Gasteiger partial charge < -0.3 is 19.6 Å². The number of piperidine rings is 2. The van der Waals surface area contributed by atoms with Gasteiger partial charge in [0.15, 0.2) is 5.54 Å². The minimum Gasteiger partial charge on any atom is -0.343 e. The Labute approximate surface area is 248 Å². The van der Waals surface area contributed by atoms with Crippen molar-refractivity contribution in [2.75, 3.05) is 60.4 Å². The number of amides is 2. The molecule has 2 fully saturated rings. The van der Waals surface area contributed by atoms with E-state index in [0.717, 1.165) is 74.9 Å². The summed E-state index contributed by atoms with van der Waals surface area (Å²) in [6.07, 6.45) is 5.80. The quantitative estimate of drug-likeness (QED) is 0.387. The highest BCUT2D eigenvalue weighted by Crippen LogP contribution is 2.40. The average molecular weight is 593 g/mol. The largest absolute Gasteiger partial charge is 0.343 e. The topological polar surface area (TPSA) is 52.7 Å². The molecule has 2 aromatic carbocycles. The first-order valence-electron chi connectivity index (χ1n) is 14.3. The van der Waals surface area contributed by atoms with Crippen LogP contribution in [0.15, 0.2) is 42.5 Å². The SMILES string of the molecule is CN(C)C(=O)C1([N+]2(CCC(CN(C)C(=O)c3cccc(F)c3)c3ccc(Cl)c(Cl)c3)CCCCC2)CCNCC1. The van der Waals surface area contributed by atoms with E-state index in [-0.39, 0.29) is 17.7 Å². The number of carbonyl (C=O) groups is 2. The van der Waals surface area contributed by atoms with E-state index in [1.54, 1.807) is 35.0 Å². The molecular formula is C31H42Cl2FN4O2+. The van der Waals surface area contributed by atoms with Crippen LogP contribution in [0.3, 0.4) is 0 Å². The van der Waals surface area contributed by atoms with E-state index >= 15 is 0 Å². The monoisotopic (exact) mass is 591 g/mol. The lowest BCUT2D eigenvalue weighted by molar-refractivity contribution is -0.972. The first-order chi connectivity index (χ1) is 19.1. The molecule has 4 rings (SSSR count). The van der Waals surface area contributed by atoms with Crippen molar-refractivity contribution in [3.8, 4) is 0 Å². The van der Waals surface area contributed by atoms with Gasteiger partial charge in [0, 0.05) is 71.5 Å². The fraction of sp³-hybridized carbons (Fsp3) is 0.548. The van der Waals surface area contributed by atoms with Crippen LogP contribution < -0.4 is 5.32 Å². The third kappa shape index (κ3) is 6.48. The van der Waals surface area contributed by atoms with Crippen molar-refractivity contribution in [2.45, 2.75) is 50.0 Å². The molecule has 0 radical (unpaired) electrons. The van der Waals surface area contributed by atoms with Crippen LogP contribution in [0.4, 0.5) is 4.39 Å². The standard InChI is InChI=1S/C31H42Cl2FN4O2/c1-36(2)30(40)31(13-15-35-16-14-31)38(17-5-4-6-18-38)19-12-25(23-10-11-27(32)28(33)21-23)22-37(3)29(39)24-8-7-9-26(34)20-24/h7-11,20-21,25,35H,4-6,12-19,22H2,1-3H3/q+1. The lowest BCUT2D eigenvalue weighted by atomic mass is 9.79. The van der Waals surface area contributed by atoms with Crippen molar-refractivity contribution < 1.29 is 18.5 Å². The molecule has 1 N–H and O–H groups in total. The summed E-state index contributed by atoms with van der Waals surface area (Å²) in [5.41, 5.74) is 0.864. The molecule has 1 unspecified atom stereocenters. The summed E-state index contributed by atoms with van der Waals surface area (Å²) in [6.45, 7) is 4.88. The van der Waals surface area contributed by atoms with Gasteiger partial charge in [-0.1, -0.05) is 35.3 Å². The van der Waals surface area contributed by atoms with Gasteiger partial charge in [-0.25, -0.2) is 4.39 Å². The van der Waals surface area contributed by atoms with Crippen LogP contribution in [0.1, 0.15) is 60.4 Å². The van der Waals surface area contributed by atoms with Crippen molar-refractivity contribution >= 4 is 35.0 Å². The van der Waals surface area contributed by atoms with Gasteiger partial charge in [-0.3, -0.25) is 9.59 Å². The molecule has 6 nitrogen and oxygen atoms in total. The van der Waals surface area contributed by atoms with Gasteiger partial charge in [0.1, 0.15) is 5.82 Å². The molecular weight excluding hydrogens is 550 g/mol. The van der Waals surface area contributed by atoms with Crippen LogP contribution in [-0.4, -0.2) is 92.0 Å². The minimum atomic E-state index is -0.458. The first-order valence-corrected chi connectivity index (χ1v) is 15.1. The van der Waals surface area contributed by atoms with Gasteiger partial charge in [-0.05, 0) is 55.2 Å². The van der Waals surface area contributed by atoms with Crippen LogP contribution >= 0.6 is 23.2 Å². The molecule has 0 aromatic heterocycles. The molecule has 0 bridgehead atoms. The molecule has 2 amide bonds. The van der Waals surface area contributed by atoms with Gasteiger partial charge in [-0.2, -0.15) is 0 Å². The Kier molecular flexibility index (Phi) is 10.1. The number of carbonyl (C=O) groups excluding carboxylic acids is 2. The van der Waals surface area contributed by atoms with E-state index in [1.165, 1.54) is 18.6 Å².